The fourth-order valence-electron chi connectivity index (χ4n) is 7.15. The molecule has 41 heavy (non-hydrogen) atoms. The van der Waals surface area contributed by atoms with E-state index in [2.05, 4.69) is 102 Å². The van der Waals surface area contributed by atoms with Crippen molar-refractivity contribution < 1.29 is 4.74 Å². The first-order chi connectivity index (χ1) is 20.0. The molecule has 208 valence electrons. The lowest BCUT2D eigenvalue weighted by Crippen LogP contribution is -2.61. The fourth-order valence-corrected chi connectivity index (χ4v) is 10.3. The van der Waals surface area contributed by atoms with Gasteiger partial charge in [-0.1, -0.05) is 54.3 Å². The summed E-state index contributed by atoms with van der Waals surface area (Å²) in [5.41, 5.74) is 5.90. The minimum absolute atomic E-state index is 0.115. The zero-order valence-electron chi connectivity index (χ0n) is 23.8. The van der Waals surface area contributed by atoms with E-state index in [1.54, 1.807) is 13.3 Å². The van der Waals surface area contributed by atoms with Crippen molar-refractivity contribution in [1.29, 1.82) is 0 Å². The number of hydrogen-bond donors (Lipinski definition) is 1. The summed E-state index contributed by atoms with van der Waals surface area (Å²) in [6.45, 7) is 8.66. The van der Waals surface area contributed by atoms with Crippen LogP contribution in [0.15, 0.2) is 118 Å². The summed E-state index contributed by atoms with van der Waals surface area (Å²) in [7, 11) is 1.75. The van der Waals surface area contributed by atoms with Crippen LogP contribution in [0.25, 0.3) is 0 Å². The number of methoxy groups -OCH3 is 1. The van der Waals surface area contributed by atoms with Gasteiger partial charge < -0.3 is 15.0 Å². The maximum Gasteiger partial charge on any atom is 0.168 e. The predicted octanol–water partition coefficient (Wildman–Crippen LogP) is 7.99. The monoisotopic (exact) mass is 578 g/mol. The van der Waals surface area contributed by atoms with Crippen molar-refractivity contribution in [1.82, 2.24) is 9.88 Å². The zero-order chi connectivity index (χ0) is 28.2. The fraction of sp³-hybridized carbons (Fsp3) is 0.294. The number of rotatable bonds is 5. The Morgan fingerprint density at radius 2 is 2.00 bits per heavy atom. The number of benzene rings is 1. The quantitative estimate of drug-likeness (QED) is 0.388. The molecule has 3 heterocycles. The molecule has 7 rings (SSSR count). The molecule has 5 nitrogen and oxygen atoms in total. The molecule has 0 radical (unpaired) electrons. The molecular weight excluding hydrogens is 545 g/mol. The molecular formula is C34H34N4OS2. The summed E-state index contributed by atoms with van der Waals surface area (Å²) in [5, 5.41) is 6.84. The predicted molar refractivity (Wildman–Crippen MR) is 174 cm³/mol. The van der Waals surface area contributed by atoms with Gasteiger partial charge in [-0.25, -0.2) is 9.98 Å². The summed E-state index contributed by atoms with van der Waals surface area (Å²) in [4.78, 5) is 12.1. The number of nitrogens with one attached hydrogen (secondary N) is 1. The summed E-state index contributed by atoms with van der Waals surface area (Å²) < 4.78 is 5.08. The largest absolute Gasteiger partial charge is 0.497 e. The van der Waals surface area contributed by atoms with E-state index >= 15 is 0 Å². The minimum Gasteiger partial charge on any atom is -0.497 e. The van der Waals surface area contributed by atoms with Gasteiger partial charge in [0.15, 0.2) is 11.0 Å². The van der Waals surface area contributed by atoms with Crippen molar-refractivity contribution in [3.05, 3.63) is 119 Å². The summed E-state index contributed by atoms with van der Waals surface area (Å²) in [6, 6.07) is 12.3. The summed E-state index contributed by atoms with van der Waals surface area (Å²) in [6.07, 6.45) is 21.1. The maximum absolute atomic E-state index is 5.83. The third-order valence-electron chi connectivity index (χ3n) is 9.10. The highest BCUT2D eigenvalue weighted by molar-refractivity contribution is 8.15. The SMILES string of the molecule is CCN(CC)C1=CC23C=C4C(C)=CC=CC4C4(SC(=Nc5ccccn5)Nc5ccc(OC)cc54)C2(C=CS3)C=C1. The van der Waals surface area contributed by atoms with Crippen molar-refractivity contribution in [3.8, 4) is 5.75 Å². The highest BCUT2D eigenvalue weighted by Crippen LogP contribution is 2.75. The number of anilines is 1. The first-order valence-electron chi connectivity index (χ1n) is 14.2. The van der Waals surface area contributed by atoms with Gasteiger partial charge in [-0.05, 0) is 85.4 Å². The Kier molecular flexibility index (Phi) is 6.36. The molecule has 3 aliphatic carbocycles. The van der Waals surface area contributed by atoms with Crippen molar-refractivity contribution in [2.24, 2.45) is 16.3 Å². The molecule has 0 amide bonds. The average molecular weight is 579 g/mol. The van der Waals surface area contributed by atoms with E-state index < -0.39 is 4.75 Å². The van der Waals surface area contributed by atoms with Gasteiger partial charge in [0.2, 0.25) is 0 Å². The third kappa shape index (κ3) is 3.71. The average Bonchev–Trinajstić information content (AvgIpc) is 3.39. The molecule has 5 aliphatic rings. The number of amidine groups is 1. The van der Waals surface area contributed by atoms with Crippen LogP contribution in [0.1, 0.15) is 26.3 Å². The first-order valence-corrected chi connectivity index (χ1v) is 15.9. The molecule has 1 aromatic carbocycles. The van der Waals surface area contributed by atoms with Crippen LogP contribution in [-0.4, -0.2) is 40.0 Å². The molecule has 1 spiro atoms. The van der Waals surface area contributed by atoms with E-state index in [0.717, 1.165) is 29.7 Å². The van der Waals surface area contributed by atoms with E-state index in [9.17, 15) is 0 Å². The number of likely N-dealkylation sites (N-methyl/N-ethyl adjacent to an activating group) is 1. The molecule has 1 N–H and O–H groups in total. The van der Waals surface area contributed by atoms with E-state index in [-0.39, 0.29) is 16.1 Å². The van der Waals surface area contributed by atoms with Gasteiger partial charge in [-0.2, -0.15) is 0 Å². The van der Waals surface area contributed by atoms with Crippen LogP contribution in [0.5, 0.6) is 5.75 Å². The topological polar surface area (TPSA) is 49.8 Å². The van der Waals surface area contributed by atoms with E-state index in [0.29, 0.717) is 5.82 Å². The molecule has 1 aromatic heterocycles. The normalized spacial score (nSPS) is 31.4. The Hall–Kier alpha value is -3.42. The smallest absolute Gasteiger partial charge is 0.168 e. The molecule has 0 saturated heterocycles. The lowest BCUT2D eigenvalue weighted by molar-refractivity contribution is 0.253. The number of aliphatic imine (C=N–C) groups is 1. The summed E-state index contributed by atoms with van der Waals surface area (Å²) >= 11 is 3.76. The second kappa shape index (κ2) is 9.85. The number of pyridine rings is 1. The van der Waals surface area contributed by atoms with Gasteiger partial charge in [0, 0.05) is 42.0 Å². The molecule has 4 unspecified atom stereocenters. The molecule has 7 heteroatoms. The Morgan fingerprint density at radius 1 is 1.12 bits per heavy atom. The van der Waals surface area contributed by atoms with Gasteiger partial charge in [0.25, 0.3) is 0 Å². The van der Waals surface area contributed by atoms with Crippen LogP contribution in [0.4, 0.5) is 11.5 Å². The third-order valence-corrected chi connectivity index (χ3v) is 11.9. The molecule has 0 bridgehead atoms. The second-order valence-electron chi connectivity index (χ2n) is 10.9. The first kappa shape index (κ1) is 26.5. The van der Waals surface area contributed by atoms with E-state index in [1.807, 2.05) is 47.8 Å². The maximum atomic E-state index is 5.83. The lowest BCUT2D eigenvalue weighted by atomic mass is 9.51. The van der Waals surface area contributed by atoms with Crippen molar-refractivity contribution in [2.75, 3.05) is 25.5 Å². The number of fused-ring (bicyclic) bond motifs is 4. The Morgan fingerprint density at radius 3 is 2.78 bits per heavy atom. The number of aromatic nitrogens is 1. The minimum atomic E-state index is -0.451. The number of allylic oxidation sites excluding steroid dienone is 8. The standard InChI is InChI=1S/C34H34N4OS2/c1-5-38(6-2)24-15-16-32-17-19-40-33(32,21-24)22-26-23(3)10-9-11-27(26)34(32)28-20-25(39-4)13-14-29(28)36-31(41-34)37-30-12-7-8-18-35-30/h7-22,27H,5-6H2,1-4H3,(H,35,36,37). The molecule has 0 saturated carbocycles. The van der Waals surface area contributed by atoms with Crippen LogP contribution in [-0.2, 0) is 4.75 Å². The van der Waals surface area contributed by atoms with Gasteiger partial charge >= 0.3 is 0 Å². The number of hydrogen-bond acceptors (Lipinski definition) is 6. The number of nitrogens with zero attached hydrogens (tertiary/aromatic N) is 3. The van der Waals surface area contributed by atoms with Crippen LogP contribution in [0.2, 0.25) is 0 Å². The summed E-state index contributed by atoms with van der Waals surface area (Å²) in [5.74, 6) is 1.66. The van der Waals surface area contributed by atoms with E-state index in [1.165, 1.54) is 22.4 Å². The number of thioether (sulfide) groups is 2. The number of ether oxygens (including phenoxy) is 1. The molecule has 0 fully saturated rings. The Labute approximate surface area is 250 Å². The lowest BCUT2D eigenvalue weighted by Gasteiger charge is -2.62. The van der Waals surface area contributed by atoms with E-state index in [4.69, 9.17) is 9.73 Å². The van der Waals surface area contributed by atoms with Gasteiger partial charge in [-0.3, -0.25) is 0 Å². The Balaban J connectivity index is 1.55. The Bertz CT molecular complexity index is 1620. The van der Waals surface area contributed by atoms with Gasteiger partial charge in [0.1, 0.15) is 5.75 Å². The van der Waals surface area contributed by atoms with Crippen LogP contribution < -0.4 is 10.1 Å². The zero-order valence-corrected chi connectivity index (χ0v) is 25.4. The molecule has 2 aromatic rings. The van der Waals surface area contributed by atoms with Crippen LogP contribution in [0, 0.1) is 11.3 Å². The van der Waals surface area contributed by atoms with Crippen molar-refractivity contribution >= 4 is 40.2 Å². The van der Waals surface area contributed by atoms with Gasteiger partial charge in [0.05, 0.1) is 16.6 Å². The second-order valence-corrected chi connectivity index (χ2v) is 13.4. The van der Waals surface area contributed by atoms with Crippen LogP contribution in [0.3, 0.4) is 0 Å². The van der Waals surface area contributed by atoms with Crippen molar-refractivity contribution in [2.45, 2.75) is 30.3 Å². The highest BCUT2D eigenvalue weighted by Gasteiger charge is 2.70. The molecule has 4 atom stereocenters. The van der Waals surface area contributed by atoms with Gasteiger partial charge in [-0.15, -0.1) is 11.8 Å². The molecule has 2 aliphatic heterocycles. The highest BCUT2D eigenvalue weighted by atomic mass is 32.2. The van der Waals surface area contributed by atoms with Crippen molar-refractivity contribution in [3.63, 3.8) is 0 Å². The van der Waals surface area contributed by atoms with Crippen LogP contribution >= 0.6 is 23.5 Å².